The van der Waals surface area contributed by atoms with Crippen molar-refractivity contribution in [3.05, 3.63) is 29.3 Å². The van der Waals surface area contributed by atoms with Crippen LogP contribution in [0.15, 0.2) is 18.2 Å². The minimum absolute atomic E-state index is 0.0730. The predicted molar refractivity (Wildman–Crippen MR) is 78.7 cm³/mol. The molecule has 4 nitrogen and oxygen atoms in total. The molecule has 1 fully saturated rings. The average Bonchev–Trinajstić information content (AvgIpc) is 2.48. The van der Waals surface area contributed by atoms with Crippen LogP contribution < -0.4 is 10.6 Å². The first-order chi connectivity index (χ1) is 9.83. The second-order valence-electron chi connectivity index (χ2n) is 5.61. The first-order valence-corrected chi connectivity index (χ1v) is 7.56. The van der Waals surface area contributed by atoms with E-state index in [2.05, 4.69) is 16.7 Å². The minimum Gasteiger partial charge on any atom is -0.378 e. The van der Waals surface area contributed by atoms with Crippen LogP contribution in [-0.2, 0) is 22.5 Å². The molecule has 2 N–H and O–H groups in total. The third kappa shape index (κ3) is 3.19. The Balaban J connectivity index is 1.63. The van der Waals surface area contributed by atoms with Gasteiger partial charge in [0.05, 0.1) is 12.5 Å². The molecule has 0 aromatic heterocycles. The molecule has 1 aromatic rings. The number of nitrogens with one attached hydrogen (secondary N) is 2. The Morgan fingerprint density at radius 3 is 3.20 bits per heavy atom. The van der Waals surface area contributed by atoms with Crippen LogP contribution in [0.25, 0.3) is 0 Å². The highest BCUT2D eigenvalue weighted by Crippen LogP contribution is 2.24. The maximum atomic E-state index is 12.2. The van der Waals surface area contributed by atoms with Gasteiger partial charge in [0.1, 0.15) is 0 Å². The van der Waals surface area contributed by atoms with Crippen LogP contribution in [0, 0.1) is 0 Å². The molecule has 1 aromatic carbocycles. The number of ether oxygens (including phenoxy) is 1. The van der Waals surface area contributed by atoms with Gasteiger partial charge in [-0.25, -0.2) is 0 Å². The molecule has 2 aliphatic heterocycles. The van der Waals surface area contributed by atoms with E-state index in [-0.39, 0.29) is 12.0 Å². The van der Waals surface area contributed by atoms with Gasteiger partial charge in [0.25, 0.3) is 0 Å². The first kappa shape index (κ1) is 13.6. The molecule has 20 heavy (non-hydrogen) atoms. The summed E-state index contributed by atoms with van der Waals surface area (Å²) in [7, 11) is 0. The van der Waals surface area contributed by atoms with Gasteiger partial charge in [-0.15, -0.1) is 0 Å². The second kappa shape index (κ2) is 6.37. The fraction of sp³-hybridized carbons (Fsp3) is 0.562. The second-order valence-corrected chi connectivity index (χ2v) is 5.61. The van der Waals surface area contributed by atoms with Gasteiger partial charge in [-0.2, -0.15) is 0 Å². The summed E-state index contributed by atoms with van der Waals surface area (Å²) >= 11 is 0. The first-order valence-electron chi connectivity index (χ1n) is 7.56. The summed E-state index contributed by atoms with van der Waals surface area (Å²) in [6.07, 6.45) is 4.85. The van der Waals surface area contributed by atoms with Crippen molar-refractivity contribution in [2.75, 3.05) is 18.5 Å². The zero-order chi connectivity index (χ0) is 13.8. The molecule has 0 aliphatic carbocycles. The zero-order valence-electron chi connectivity index (χ0n) is 11.8. The van der Waals surface area contributed by atoms with E-state index in [1.165, 1.54) is 17.5 Å². The van der Waals surface area contributed by atoms with Crippen LogP contribution in [0.5, 0.6) is 0 Å². The molecule has 0 saturated carbocycles. The smallest absolute Gasteiger partial charge is 0.226 e. The maximum Gasteiger partial charge on any atom is 0.226 e. The van der Waals surface area contributed by atoms with Crippen molar-refractivity contribution in [2.45, 2.75) is 44.8 Å². The predicted octanol–water partition coefficient (Wildman–Crippen LogP) is 2.23. The summed E-state index contributed by atoms with van der Waals surface area (Å²) in [5, 5.41) is 6.43. The van der Waals surface area contributed by atoms with E-state index in [1.54, 1.807) is 0 Å². The van der Waals surface area contributed by atoms with Gasteiger partial charge in [-0.3, -0.25) is 4.79 Å². The highest BCUT2D eigenvalue weighted by atomic mass is 16.5. The Bertz CT molecular complexity index is 481. The lowest BCUT2D eigenvalue weighted by atomic mass is 9.99. The fourth-order valence-electron chi connectivity index (χ4n) is 3.03. The van der Waals surface area contributed by atoms with Crippen LogP contribution in [0.3, 0.4) is 0 Å². The molecule has 0 bridgehead atoms. The monoisotopic (exact) mass is 274 g/mol. The van der Waals surface area contributed by atoms with Gasteiger partial charge in [-0.1, -0.05) is 12.1 Å². The largest absolute Gasteiger partial charge is 0.378 e. The summed E-state index contributed by atoms with van der Waals surface area (Å²) in [4.78, 5) is 12.2. The highest BCUT2D eigenvalue weighted by Gasteiger charge is 2.19. The number of carbonyl (C=O) groups excluding carboxylic acids is 1. The van der Waals surface area contributed by atoms with Crippen molar-refractivity contribution < 1.29 is 9.53 Å². The lowest BCUT2D eigenvalue weighted by Gasteiger charge is -2.23. The maximum absolute atomic E-state index is 12.2. The van der Waals surface area contributed by atoms with E-state index in [4.69, 9.17) is 4.74 Å². The molecule has 2 aliphatic rings. The van der Waals surface area contributed by atoms with Gasteiger partial charge < -0.3 is 15.4 Å². The molecule has 108 valence electrons. The molecular weight excluding hydrogens is 252 g/mol. The van der Waals surface area contributed by atoms with E-state index in [9.17, 15) is 4.79 Å². The fourth-order valence-corrected chi connectivity index (χ4v) is 3.03. The molecule has 1 unspecified atom stereocenters. The topological polar surface area (TPSA) is 50.4 Å². The van der Waals surface area contributed by atoms with Gasteiger partial charge in [-0.05, 0) is 49.4 Å². The Morgan fingerprint density at radius 2 is 2.35 bits per heavy atom. The zero-order valence-corrected chi connectivity index (χ0v) is 11.8. The lowest BCUT2D eigenvalue weighted by Crippen LogP contribution is -2.27. The van der Waals surface area contributed by atoms with Crippen molar-refractivity contribution in [2.24, 2.45) is 0 Å². The van der Waals surface area contributed by atoms with E-state index >= 15 is 0 Å². The van der Waals surface area contributed by atoms with Gasteiger partial charge >= 0.3 is 0 Å². The van der Waals surface area contributed by atoms with Crippen LogP contribution in [-0.4, -0.2) is 25.2 Å². The Kier molecular flexibility index (Phi) is 4.33. The standard InChI is InChI=1S/C16H22N2O2/c19-16(10-13-5-1-2-9-20-13)18-15-6-3-4-12-11-17-8-7-14(12)15/h3-4,6,13,17H,1-2,5,7-11H2,(H,18,19). The lowest BCUT2D eigenvalue weighted by molar-refractivity contribution is -0.119. The molecular formula is C16H22N2O2. The SMILES string of the molecule is O=C(CC1CCCCO1)Nc1cccc2c1CCNC2. The van der Waals surface area contributed by atoms with E-state index in [0.29, 0.717) is 6.42 Å². The summed E-state index contributed by atoms with van der Waals surface area (Å²) in [6, 6.07) is 6.14. The van der Waals surface area contributed by atoms with Crippen LogP contribution >= 0.6 is 0 Å². The van der Waals surface area contributed by atoms with Crippen LogP contribution in [0.2, 0.25) is 0 Å². The van der Waals surface area contributed by atoms with Crippen LogP contribution in [0.4, 0.5) is 5.69 Å². The highest BCUT2D eigenvalue weighted by molar-refractivity contribution is 5.92. The van der Waals surface area contributed by atoms with Gasteiger partial charge in [0.15, 0.2) is 0 Å². The number of hydrogen-bond acceptors (Lipinski definition) is 3. The van der Waals surface area contributed by atoms with Gasteiger partial charge in [0.2, 0.25) is 5.91 Å². The summed E-state index contributed by atoms with van der Waals surface area (Å²) < 4.78 is 5.63. The Labute approximate surface area is 119 Å². The molecule has 1 amide bonds. The number of fused-ring (bicyclic) bond motifs is 1. The molecule has 1 saturated heterocycles. The van der Waals surface area contributed by atoms with E-state index < -0.39 is 0 Å². The van der Waals surface area contributed by atoms with Crippen molar-refractivity contribution in [1.82, 2.24) is 5.32 Å². The quantitative estimate of drug-likeness (QED) is 0.888. The summed E-state index contributed by atoms with van der Waals surface area (Å²) in [6.45, 7) is 2.67. The summed E-state index contributed by atoms with van der Waals surface area (Å²) in [5.41, 5.74) is 3.55. The van der Waals surface area contributed by atoms with Crippen molar-refractivity contribution in [3.63, 3.8) is 0 Å². The Morgan fingerprint density at radius 1 is 1.40 bits per heavy atom. The average molecular weight is 274 g/mol. The number of rotatable bonds is 3. The number of carbonyl (C=O) groups is 1. The normalized spacial score (nSPS) is 22.1. The molecule has 1 atom stereocenters. The third-order valence-electron chi connectivity index (χ3n) is 4.10. The molecule has 2 heterocycles. The third-order valence-corrected chi connectivity index (χ3v) is 4.10. The number of hydrogen-bond donors (Lipinski definition) is 2. The minimum atomic E-state index is 0.0730. The van der Waals surface area contributed by atoms with E-state index in [1.807, 2.05) is 12.1 Å². The van der Waals surface area contributed by atoms with Crippen molar-refractivity contribution >= 4 is 11.6 Å². The van der Waals surface area contributed by atoms with Crippen LogP contribution in [0.1, 0.15) is 36.8 Å². The van der Waals surface area contributed by atoms with Crippen molar-refractivity contribution in [3.8, 4) is 0 Å². The van der Waals surface area contributed by atoms with Gasteiger partial charge in [0, 0.05) is 18.8 Å². The molecule has 3 rings (SSSR count). The molecule has 0 radical (unpaired) electrons. The molecule has 4 heteroatoms. The number of benzene rings is 1. The number of anilines is 1. The van der Waals surface area contributed by atoms with Crippen molar-refractivity contribution in [1.29, 1.82) is 0 Å². The summed E-state index contributed by atoms with van der Waals surface area (Å²) in [5.74, 6) is 0.0730. The Hall–Kier alpha value is -1.39. The van der Waals surface area contributed by atoms with E-state index in [0.717, 1.165) is 44.6 Å². The molecule has 0 spiro atoms. The number of amides is 1.